The predicted molar refractivity (Wildman–Crippen MR) is 104 cm³/mol. The first-order chi connectivity index (χ1) is 13.1. The molecule has 5 nitrogen and oxygen atoms in total. The zero-order chi connectivity index (χ0) is 18.9. The van der Waals surface area contributed by atoms with Crippen molar-refractivity contribution in [1.29, 1.82) is 0 Å². The van der Waals surface area contributed by atoms with Crippen LogP contribution >= 0.6 is 0 Å². The molecule has 2 aliphatic rings. The van der Waals surface area contributed by atoms with Gasteiger partial charge in [-0.3, -0.25) is 4.79 Å². The molecule has 1 atom stereocenters. The Hall–Kier alpha value is -2.18. The first kappa shape index (κ1) is 18.2. The van der Waals surface area contributed by atoms with Crippen LogP contribution in [0, 0.1) is 0 Å². The van der Waals surface area contributed by atoms with Gasteiger partial charge in [0.1, 0.15) is 0 Å². The van der Waals surface area contributed by atoms with Crippen LogP contribution in [0.25, 0.3) is 0 Å². The highest BCUT2D eigenvalue weighted by Crippen LogP contribution is 2.33. The van der Waals surface area contributed by atoms with E-state index in [0.717, 1.165) is 31.2 Å². The van der Waals surface area contributed by atoms with E-state index >= 15 is 0 Å². The quantitative estimate of drug-likeness (QED) is 0.811. The Morgan fingerprint density at radius 1 is 0.889 bits per heavy atom. The van der Waals surface area contributed by atoms with E-state index in [0.29, 0.717) is 25.2 Å². The summed E-state index contributed by atoms with van der Waals surface area (Å²) in [7, 11) is -3.52. The van der Waals surface area contributed by atoms with Crippen LogP contribution in [0.4, 0.5) is 0 Å². The van der Waals surface area contributed by atoms with Crippen molar-refractivity contribution < 1.29 is 13.2 Å². The standard InChI is InChI=1S/C21H24N2O3S/c24-21(23-15-7-12-20(23)17-8-2-1-3-9-17)18-10-6-11-19(16-18)27(25,26)22-13-4-5-14-22/h1-3,6,8-11,16,20H,4-5,7,12-15H2/t20-/m0/s1. The van der Waals surface area contributed by atoms with Crippen molar-refractivity contribution in [2.75, 3.05) is 19.6 Å². The molecule has 2 saturated heterocycles. The van der Waals surface area contributed by atoms with Gasteiger partial charge in [-0.15, -0.1) is 0 Å². The average molecular weight is 385 g/mol. The van der Waals surface area contributed by atoms with E-state index in [4.69, 9.17) is 0 Å². The Kier molecular flexibility index (Phi) is 5.02. The predicted octanol–water partition coefficient (Wildman–Crippen LogP) is 3.45. The van der Waals surface area contributed by atoms with Crippen LogP contribution in [0.5, 0.6) is 0 Å². The van der Waals surface area contributed by atoms with Gasteiger partial charge in [0.25, 0.3) is 5.91 Å². The lowest BCUT2D eigenvalue weighted by Crippen LogP contribution is -2.31. The molecule has 0 radical (unpaired) electrons. The number of nitrogens with zero attached hydrogens (tertiary/aromatic N) is 2. The summed E-state index contributed by atoms with van der Waals surface area (Å²) in [6, 6.07) is 16.6. The lowest BCUT2D eigenvalue weighted by Gasteiger charge is -2.25. The van der Waals surface area contributed by atoms with Crippen LogP contribution in [-0.4, -0.2) is 43.2 Å². The second kappa shape index (κ2) is 7.44. The van der Waals surface area contributed by atoms with Gasteiger partial charge in [0.15, 0.2) is 0 Å². The molecule has 0 unspecified atom stereocenters. The van der Waals surface area contributed by atoms with Crippen molar-refractivity contribution in [2.45, 2.75) is 36.6 Å². The zero-order valence-corrected chi connectivity index (χ0v) is 16.1. The Balaban J connectivity index is 1.61. The summed E-state index contributed by atoms with van der Waals surface area (Å²) in [5.74, 6) is -0.0974. The fourth-order valence-corrected chi connectivity index (χ4v) is 5.63. The third-order valence-corrected chi connectivity index (χ3v) is 7.38. The SMILES string of the molecule is O=C(c1cccc(S(=O)(=O)N2CCCC2)c1)N1CCC[C@H]1c1ccccc1. The van der Waals surface area contributed by atoms with E-state index in [-0.39, 0.29) is 16.8 Å². The number of carbonyl (C=O) groups excluding carboxylic acids is 1. The number of amides is 1. The number of benzene rings is 2. The second-order valence-corrected chi connectivity index (χ2v) is 9.14. The molecule has 6 heteroatoms. The Labute approximate surface area is 160 Å². The molecule has 0 aromatic heterocycles. The molecule has 0 saturated carbocycles. The highest BCUT2D eigenvalue weighted by Gasteiger charge is 2.32. The van der Waals surface area contributed by atoms with Crippen molar-refractivity contribution in [3.05, 3.63) is 65.7 Å². The molecule has 27 heavy (non-hydrogen) atoms. The summed E-state index contributed by atoms with van der Waals surface area (Å²) in [4.78, 5) is 15.2. The minimum Gasteiger partial charge on any atom is -0.332 e. The third-order valence-electron chi connectivity index (χ3n) is 5.48. The Morgan fingerprint density at radius 3 is 2.37 bits per heavy atom. The maximum atomic E-state index is 13.1. The summed E-state index contributed by atoms with van der Waals surface area (Å²) in [6.07, 6.45) is 3.67. The number of hydrogen-bond acceptors (Lipinski definition) is 3. The van der Waals surface area contributed by atoms with Gasteiger partial charge in [0.05, 0.1) is 10.9 Å². The van der Waals surface area contributed by atoms with E-state index in [1.54, 1.807) is 18.2 Å². The largest absolute Gasteiger partial charge is 0.332 e. The normalized spacial score (nSPS) is 20.9. The van der Waals surface area contributed by atoms with Crippen molar-refractivity contribution >= 4 is 15.9 Å². The number of rotatable bonds is 4. The molecule has 4 rings (SSSR count). The van der Waals surface area contributed by atoms with E-state index in [2.05, 4.69) is 0 Å². The van der Waals surface area contributed by atoms with E-state index in [9.17, 15) is 13.2 Å². The highest BCUT2D eigenvalue weighted by atomic mass is 32.2. The average Bonchev–Trinajstić information content (AvgIpc) is 3.40. The molecule has 142 valence electrons. The van der Waals surface area contributed by atoms with Crippen molar-refractivity contribution in [2.24, 2.45) is 0 Å². The lowest BCUT2D eigenvalue weighted by atomic mass is 10.0. The smallest absolute Gasteiger partial charge is 0.254 e. The van der Waals surface area contributed by atoms with Crippen molar-refractivity contribution in [3.8, 4) is 0 Å². The van der Waals surface area contributed by atoms with Crippen LogP contribution in [0.2, 0.25) is 0 Å². The molecule has 2 aromatic rings. The Morgan fingerprint density at radius 2 is 1.63 bits per heavy atom. The van der Waals surface area contributed by atoms with Gasteiger partial charge in [-0.2, -0.15) is 4.31 Å². The van der Waals surface area contributed by atoms with Gasteiger partial charge < -0.3 is 4.90 Å². The monoisotopic (exact) mass is 384 g/mol. The molecular weight excluding hydrogens is 360 g/mol. The maximum absolute atomic E-state index is 13.1. The molecule has 2 heterocycles. The summed E-state index contributed by atoms with van der Waals surface area (Å²) < 4.78 is 27.1. The van der Waals surface area contributed by atoms with E-state index < -0.39 is 10.0 Å². The molecule has 2 aromatic carbocycles. The van der Waals surface area contributed by atoms with Gasteiger partial charge in [-0.05, 0) is 49.4 Å². The van der Waals surface area contributed by atoms with Crippen LogP contribution < -0.4 is 0 Å². The third kappa shape index (κ3) is 3.51. The molecule has 0 bridgehead atoms. The van der Waals surface area contributed by atoms with Crippen molar-refractivity contribution in [1.82, 2.24) is 9.21 Å². The first-order valence-corrected chi connectivity index (χ1v) is 11.0. The van der Waals surface area contributed by atoms with Crippen LogP contribution in [-0.2, 0) is 10.0 Å². The molecule has 0 aliphatic carbocycles. The lowest BCUT2D eigenvalue weighted by molar-refractivity contribution is 0.0735. The summed E-state index contributed by atoms with van der Waals surface area (Å²) in [5, 5.41) is 0. The van der Waals surface area contributed by atoms with Crippen LogP contribution in [0.1, 0.15) is 47.6 Å². The minimum atomic E-state index is -3.52. The molecule has 2 fully saturated rings. The van der Waals surface area contributed by atoms with E-state index in [1.807, 2.05) is 35.2 Å². The van der Waals surface area contributed by atoms with Gasteiger partial charge >= 0.3 is 0 Å². The zero-order valence-electron chi connectivity index (χ0n) is 15.3. The topological polar surface area (TPSA) is 57.7 Å². The number of hydrogen-bond donors (Lipinski definition) is 0. The fourth-order valence-electron chi connectivity index (χ4n) is 4.06. The van der Waals surface area contributed by atoms with Gasteiger partial charge in [-0.1, -0.05) is 36.4 Å². The van der Waals surface area contributed by atoms with Gasteiger partial charge in [-0.25, -0.2) is 8.42 Å². The maximum Gasteiger partial charge on any atom is 0.254 e. The molecule has 0 N–H and O–H groups in total. The van der Waals surface area contributed by atoms with Crippen molar-refractivity contribution in [3.63, 3.8) is 0 Å². The van der Waals surface area contributed by atoms with E-state index in [1.165, 1.54) is 10.4 Å². The second-order valence-electron chi connectivity index (χ2n) is 7.21. The Bertz CT molecular complexity index is 921. The molecule has 0 spiro atoms. The summed E-state index contributed by atoms with van der Waals surface area (Å²) >= 11 is 0. The van der Waals surface area contributed by atoms with Crippen LogP contribution in [0.15, 0.2) is 59.5 Å². The number of carbonyl (C=O) groups is 1. The fraction of sp³-hybridized carbons (Fsp3) is 0.381. The molecular formula is C21H24N2O3S. The van der Waals surface area contributed by atoms with Gasteiger partial charge in [0, 0.05) is 25.2 Å². The number of sulfonamides is 1. The molecule has 2 aliphatic heterocycles. The molecule has 1 amide bonds. The highest BCUT2D eigenvalue weighted by molar-refractivity contribution is 7.89. The first-order valence-electron chi connectivity index (χ1n) is 9.53. The van der Waals surface area contributed by atoms with Gasteiger partial charge in [0.2, 0.25) is 10.0 Å². The summed E-state index contributed by atoms with van der Waals surface area (Å²) in [5.41, 5.74) is 1.57. The van der Waals surface area contributed by atoms with Crippen LogP contribution in [0.3, 0.4) is 0 Å². The summed E-state index contributed by atoms with van der Waals surface area (Å²) in [6.45, 7) is 1.81. The minimum absolute atomic E-state index is 0.0533. The number of likely N-dealkylation sites (tertiary alicyclic amines) is 1.